The number of carbonyl (C=O) groups excluding carboxylic acids is 2. The van der Waals surface area contributed by atoms with Crippen molar-refractivity contribution in [3.63, 3.8) is 0 Å². The Morgan fingerprint density at radius 1 is 1.50 bits per heavy atom. The van der Waals surface area contributed by atoms with E-state index in [1.54, 1.807) is 20.8 Å². The summed E-state index contributed by atoms with van der Waals surface area (Å²) in [4.78, 5) is 26.8. The highest BCUT2D eigenvalue weighted by atomic mass is 16.6. The third-order valence-electron chi connectivity index (χ3n) is 1.67. The van der Waals surface area contributed by atoms with Crippen molar-refractivity contribution < 1.29 is 14.3 Å². The molecule has 1 rings (SSSR count). The summed E-state index contributed by atoms with van der Waals surface area (Å²) < 4.78 is 6.16. The average Bonchev–Trinajstić information content (AvgIpc) is 2.62. The zero-order valence-electron chi connectivity index (χ0n) is 9.56. The van der Waals surface area contributed by atoms with Crippen LogP contribution in [0, 0.1) is 0 Å². The second kappa shape index (κ2) is 4.44. The maximum atomic E-state index is 11.7. The van der Waals surface area contributed by atoms with Crippen LogP contribution in [0.15, 0.2) is 12.4 Å². The van der Waals surface area contributed by atoms with E-state index < -0.39 is 17.5 Å². The molecule has 0 unspecified atom stereocenters. The van der Waals surface area contributed by atoms with Gasteiger partial charge in [0.1, 0.15) is 5.60 Å². The summed E-state index contributed by atoms with van der Waals surface area (Å²) in [5.74, 6) is -0.410. The largest absolute Gasteiger partial charge is 0.443 e. The van der Waals surface area contributed by atoms with Crippen LogP contribution in [-0.2, 0) is 4.74 Å². The number of nitrogens with zero attached hydrogens (tertiary/aromatic N) is 2. The summed E-state index contributed by atoms with van der Waals surface area (Å²) in [7, 11) is 0. The zero-order chi connectivity index (χ0) is 12.3. The number of aromatic nitrogens is 2. The number of rotatable bonds is 2. The first kappa shape index (κ1) is 12.4. The highest BCUT2D eigenvalue weighted by Crippen LogP contribution is 2.10. The van der Waals surface area contributed by atoms with Gasteiger partial charge < -0.3 is 10.5 Å². The summed E-state index contributed by atoms with van der Waals surface area (Å²) in [5.41, 5.74) is 4.58. The van der Waals surface area contributed by atoms with Gasteiger partial charge in [0.25, 0.3) is 0 Å². The predicted octanol–water partition coefficient (Wildman–Crippen LogP) is 0.808. The first-order chi connectivity index (χ1) is 7.35. The molecule has 0 atom stereocenters. The van der Waals surface area contributed by atoms with Crippen LogP contribution in [0.5, 0.6) is 0 Å². The molecule has 0 saturated carbocycles. The molecular formula is C10H15N3O3. The SMILES string of the molecule is CC(C)(C)OC(=O)n1ccnc1C(=O)CN. The van der Waals surface area contributed by atoms with Crippen molar-refractivity contribution in [3.05, 3.63) is 18.2 Å². The fraction of sp³-hybridized carbons (Fsp3) is 0.500. The summed E-state index contributed by atoms with van der Waals surface area (Å²) in [6.45, 7) is 5.03. The molecule has 0 aliphatic carbocycles. The van der Waals surface area contributed by atoms with E-state index in [1.807, 2.05) is 0 Å². The summed E-state index contributed by atoms with van der Waals surface area (Å²) in [6.07, 6.45) is 2.09. The molecule has 0 aliphatic rings. The molecule has 1 heterocycles. The van der Waals surface area contributed by atoms with Crippen LogP contribution < -0.4 is 5.73 Å². The lowest BCUT2D eigenvalue weighted by molar-refractivity contribution is 0.0527. The molecule has 16 heavy (non-hydrogen) atoms. The van der Waals surface area contributed by atoms with Gasteiger partial charge in [0.05, 0.1) is 6.54 Å². The number of hydrogen-bond acceptors (Lipinski definition) is 5. The lowest BCUT2D eigenvalue weighted by Crippen LogP contribution is -2.29. The molecule has 1 aromatic heterocycles. The van der Waals surface area contributed by atoms with Gasteiger partial charge in [-0.1, -0.05) is 0 Å². The number of Topliss-reactive ketones (excluding diaryl/α,β-unsaturated/α-hetero) is 1. The first-order valence-electron chi connectivity index (χ1n) is 4.85. The third kappa shape index (κ3) is 2.90. The molecule has 0 amide bonds. The summed E-state index contributed by atoms with van der Waals surface area (Å²) in [6, 6.07) is 0. The number of hydrogen-bond donors (Lipinski definition) is 1. The number of imidazole rings is 1. The monoisotopic (exact) mass is 225 g/mol. The lowest BCUT2D eigenvalue weighted by Gasteiger charge is -2.19. The minimum absolute atomic E-state index is 0.00301. The van der Waals surface area contributed by atoms with Gasteiger partial charge in [-0.25, -0.2) is 14.3 Å². The van der Waals surface area contributed by atoms with Crippen molar-refractivity contribution >= 4 is 11.9 Å². The van der Waals surface area contributed by atoms with E-state index >= 15 is 0 Å². The van der Waals surface area contributed by atoms with Crippen molar-refractivity contribution in [3.8, 4) is 0 Å². The maximum absolute atomic E-state index is 11.7. The highest BCUT2D eigenvalue weighted by molar-refractivity contribution is 5.97. The Morgan fingerprint density at radius 3 is 2.62 bits per heavy atom. The quantitative estimate of drug-likeness (QED) is 0.752. The fourth-order valence-electron chi connectivity index (χ4n) is 1.06. The Kier molecular flexibility index (Phi) is 3.44. The van der Waals surface area contributed by atoms with Crippen LogP contribution in [0.25, 0.3) is 0 Å². The first-order valence-corrected chi connectivity index (χ1v) is 4.85. The minimum atomic E-state index is -0.637. The highest BCUT2D eigenvalue weighted by Gasteiger charge is 2.22. The van der Waals surface area contributed by atoms with Crippen LogP contribution in [0.2, 0.25) is 0 Å². The van der Waals surface area contributed by atoms with Crippen LogP contribution >= 0.6 is 0 Å². The normalized spacial score (nSPS) is 11.2. The Morgan fingerprint density at radius 2 is 2.12 bits per heavy atom. The molecule has 6 heteroatoms. The third-order valence-corrected chi connectivity index (χ3v) is 1.67. The molecule has 0 aliphatic heterocycles. The minimum Gasteiger partial charge on any atom is -0.443 e. The van der Waals surface area contributed by atoms with Crippen molar-refractivity contribution in [2.45, 2.75) is 26.4 Å². The molecule has 0 spiro atoms. The van der Waals surface area contributed by atoms with E-state index in [0.29, 0.717) is 0 Å². The molecule has 1 aromatic rings. The molecule has 88 valence electrons. The fourth-order valence-corrected chi connectivity index (χ4v) is 1.06. The second-order valence-corrected chi connectivity index (χ2v) is 4.23. The molecule has 0 bridgehead atoms. The topological polar surface area (TPSA) is 87.2 Å². The molecule has 2 N–H and O–H groups in total. The van der Waals surface area contributed by atoms with E-state index in [2.05, 4.69) is 4.98 Å². The van der Waals surface area contributed by atoms with Crippen molar-refractivity contribution in [1.29, 1.82) is 0 Å². The van der Waals surface area contributed by atoms with E-state index in [9.17, 15) is 9.59 Å². The van der Waals surface area contributed by atoms with E-state index in [4.69, 9.17) is 10.5 Å². The van der Waals surface area contributed by atoms with Gasteiger partial charge in [0.2, 0.25) is 5.78 Å². The van der Waals surface area contributed by atoms with Crippen LogP contribution in [-0.4, -0.2) is 33.6 Å². The van der Waals surface area contributed by atoms with Crippen LogP contribution in [0.4, 0.5) is 4.79 Å². The predicted molar refractivity (Wildman–Crippen MR) is 57.2 cm³/mol. The van der Waals surface area contributed by atoms with E-state index in [0.717, 1.165) is 4.57 Å². The number of ether oxygens (including phenoxy) is 1. The van der Waals surface area contributed by atoms with Crippen molar-refractivity contribution in [2.24, 2.45) is 5.73 Å². The molecule has 0 fully saturated rings. The lowest BCUT2D eigenvalue weighted by atomic mass is 10.2. The van der Waals surface area contributed by atoms with Gasteiger partial charge in [-0.2, -0.15) is 0 Å². The van der Waals surface area contributed by atoms with E-state index in [1.165, 1.54) is 12.4 Å². The van der Waals surface area contributed by atoms with Crippen LogP contribution in [0.1, 0.15) is 31.4 Å². The number of ketones is 1. The van der Waals surface area contributed by atoms with Gasteiger partial charge >= 0.3 is 6.09 Å². The number of carbonyl (C=O) groups is 2. The van der Waals surface area contributed by atoms with Gasteiger partial charge in [-0.15, -0.1) is 0 Å². The summed E-state index contributed by atoms with van der Waals surface area (Å²) >= 11 is 0. The molecule has 6 nitrogen and oxygen atoms in total. The second-order valence-electron chi connectivity index (χ2n) is 4.23. The summed E-state index contributed by atoms with van der Waals surface area (Å²) in [5, 5.41) is 0. The average molecular weight is 225 g/mol. The van der Waals surface area contributed by atoms with Gasteiger partial charge in [0.15, 0.2) is 5.82 Å². The van der Waals surface area contributed by atoms with Gasteiger partial charge in [-0.3, -0.25) is 4.79 Å². The Bertz CT molecular complexity index is 404. The number of nitrogens with two attached hydrogens (primary N) is 1. The van der Waals surface area contributed by atoms with E-state index in [-0.39, 0.29) is 12.4 Å². The molecular weight excluding hydrogens is 210 g/mol. The van der Waals surface area contributed by atoms with Crippen molar-refractivity contribution in [2.75, 3.05) is 6.54 Å². The molecule has 0 radical (unpaired) electrons. The Hall–Kier alpha value is -1.69. The smallest absolute Gasteiger partial charge is 0.420 e. The Labute approximate surface area is 93.4 Å². The molecule has 0 aromatic carbocycles. The van der Waals surface area contributed by atoms with Crippen molar-refractivity contribution in [1.82, 2.24) is 9.55 Å². The standard InChI is InChI=1S/C10H15N3O3/c1-10(2,3)16-9(15)13-5-4-12-8(13)7(14)6-11/h4-5H,6,11H2,1-3H3. The van der Waals surface area contributed by atoms with Gasteiger partial charge in [0, 0.05) is 12.4 Å². The maximum Gasteiger partial charge on any atom is 0.420 e. The Balaban J connectivity index is 2.93. The van der Waals surface area contributed by atoms with Crippen LogP contribution in [0.3, 0.4) is 0 Å². The van der Waals surface area contributed by atoms with Gasteiger partial charge in [-0.05, 0) is 20.8 Å². The zero-order valence-corrected chi connectivity index (χ0v) is 9.56. The molecule has 0 saturated heterocycles.